The van der Waals surface area contributed by atoms with Gasteiger partial charge in [-0.05, 0) is 56.5 Å². The first-order valence-corrected chi connectivity index (χ1v) is 14.7. The number of benzene rings is 2. The van der Waals surface area contributed by atoms with E-state index >= 15 is 0 Å². The van der Waals surface area contributed by atoms with Crippen molar-refractivity contribution >= 4 is 36.9 Å². The van der Waals surface area contributed by atoms with Gasteiger partial charge in [-0.25, -0.2) is 25.8 Å². The number of nitrogens with zero attached hydrogens (tertiary/aromatic N) is 3. The largest absolute Gasteiger partial charge is 0.468 e. The summed E-state index contributed by atoms with van der Waals surface area (Å²) in [5.41, 5.74) is 2.50. The third-order valence-electron chi connectivity index (χ3n) is 5.94. The van der Waals surface area contributed by atoms with Gasteiger partial charge in [-0.2, -0.15) is 4.72 Å². The topological polar surface area (TPSA) is 137 Å². The second-order valence-corrected chi connectivity index (χ2v) is 12.3. The highest BCUT2D eigenvalue weighted by Gasteiger charge is 2.28. The lowest BCUT2D eigenvalue weighted by Gasteiger charge is -2.15. The monoisotopic (exact) mass is 566 g/mol. The van der Waals surface area contributed by atoms with Gasteiger partial charge in [0, 0.05) is 18.0 Å². The van der Waals surface area contributed by atoms with Gasteiger partial charge in [0.2, 0.25) is 10.0 Å². The highest BCUT2D eigenvalue weighted by molar-refractivity contribution is 7.90. The molecular formula is C27H26N4O6S2. The number of carbonyl (C=O) groups is 1. The van der Waals surface area contributed by atoms with Crippen LogP contribution in [0.25, 0.3) is 10.9 Å². The number of esters is 1. The lowest BCUT2D eigenvalue weighted by Crippen LogP contribution is -2.41. The van der Waals surface area contributed by atoms with Crippen LogP contribution in [-0.4, -0.2) is 49.9 Å². The minimum absolute atomic E-state index is 0.0854. The number of carbonyl (C=O) groups excluding carboxylic acids is 1. The van der Waals surface area contributed by atoms with Gasteiger partial charge in [0.1, 0.15) is 23.0 Å². The molecule has 0 bridgehead atoms. The van der Waals surface area contributed by atoms with Crippen molar-refractivity contribution in [1.29, 1.82) is 0 Å². The Morgan fingerprint density at radius 1 is 1.03 bits per heavy atom. The molecule has 2 aromatic heterocycles. The maximum absolute atomic E-state index is 13.2. The van der Waals surface area contributed by atoms with Crippen LogP contribution in [0.1, 0.15) is 28.9 Å². The van der Waals surface area contributed by atoms with Crippen LogP contribution >= 0.6 is 0 Å². The third-order valence-corrected chi connectivity index (χ3v) is 9.20. The summed E-state index contributed by atoms with van der Waals surface area (Å²) < 4.78 is 60.7. The van der Waals surface area contributed by atoms with E-state index in [1.54, 1.807) is 37.4 Å². The van der Waals surface area contributed by atoms with Gasteiger partial charge in [0.05, 0.1) is 23.2 Å². The minimum atomic E-state index is -4.19. The van der Waals surface area contributed by atoms with E-state index in [0.29, 0.717) is 5.39 Å². The van der Waals surface area contributed by atoms with Crippen molar-refractivity contribution in [3.8, 4) is 11.8 Å². The van der Waals surface area contributed by atoms with Crippen molar-refractivity contribution in [2.45, 2.75) is 43.0 Å². The minimum Gasteiger partial charge on any atom is -0.468 e. The molecule has 4 aromatic rings. The van der Waals surface area contributed by atoms with Crippen molar-refractivity contribution in [3.05, 3.63) is 83.6 Å². The number of nitrogens with one attached hydrogen (secondary N) is 1. The fourth-order valence-corrected chi connectivity index (χ4v) is 6.54. The summed E-state index contributed by atoms with van der Waals surface area (Å²) in [5, 5.41) is 0.638. The summed E-state index contributed by atoms with van der Waals surface area (Å²) in [5.74, 6) is 4.63. The smallest absolute Gasteiger partial charge is 0.324 e. The summed E-state index contributed by atoms with van der Waals surface area (Å²) in [4.78, 5) is 20.8. The number of ether oxygens (including phenoxy) is 1. The maximum Gasteiger partial charge on any atom is 0.324 e. The number of hydrogen-bond acceptors (Lipinski definition) is 8. The van der Waals surface area contributed by atoms with Crippen molar-refractivity contribution < 1.29 is 26.4 Å². The number of hydrogen-bond donors (Lipinski definition) is 1. The average Bonchev–Trinajstić information content (AvgIpc) is 3.28. The Labute approximate surface area is 227 Å². The number of methoxy groups -OCH3 is 1. The fourth-order valence-electron chi connectivity index (χ4n) is 3.85. The quantitative estimate of drug-likeness (QED) is 0.266. The molecule has 2 heterocycles. The molecule has 12 heteroatoms. The second-order valence-electron chi connectivity index (χ2n) is 8.84. The molecule has 0 saturated heterocycles. The molecule has 1 unspecified atom stereocenters. The van der Waals surface area contributed by atoms with Crippen molar-refractivity contribution in [3.63, 3.8) is 0 Å². The van der Waals surface area contributed by atoms with Gasteiger partial charge >= 0.3 is 5.97 Å². The molecule has 0 fully saturated rings. The molecule has 4 rings (SSSR count). The number of aromatic nitrogens is 3. The summed E-state index contributed by atoms with van der Waals surface area (Å²) in [6.45, 7) is 5.26. The fraction of sp³-hybridized carbons (Fsp3) is 0.222. The van der Waals surface area contributed by atoms with Crippen molar-refractivity contribution in [1.82, 2.24) is 18.7 Å². The van der Waals surface area contributed by atoms with Crippen LogP contribution in [0.2, 0.25) is 0 Å². The Morgan fingerprint density at radius 2 is 1.74 bits per heavy atom. The van der Waals surface area contributed by atoms with Gasteiger partial charge in [-0.1, -0.05) is 35.7 Å². The lowest BCUT2D eigenvalue weighted by atomic mass is 10.2. The SMILES string of the molecule is COC(=O)C(CC#Cc1ncn(S(=O)(=O)c2ccc(C)cc2)c1C)NS(=O)(=O)c1cccc2cc(C)cnc12. The Morgan fingerprint density at radius 3 is 2.44 bits per heavy atom. The van der Waals surface area contributed by atoms with Crippen LogP contribution in [0.5, 0.6) is 0 Å². The van der Waals surface area contributed by atoms with Gasteiger partial charge in [-0.3, -0.25) is 9.78 Å². The van der Waals surface area contributed by atoms with E-state index in [9.17, 15) is 21.6 Å². The normalized spacial score (nSPS) is 12.5. The predicted molar refractivity (Wildman–Crippen MR) is 145 cm³/mol. The molecule has 1 N–H and O–H groups in total. The zero-order chi connectivity index (χ0) is 28.4. The van der Waals surface area contributed by atoms with Crippen molar-refractivity contribution in [2.75, 3.05) is 7.11 Å². The molecule has 1 atom stereocenters. The van der Waals surface area contributed by atoms with E-state index in [1.807, 2.05) is 19.9 Å². The summed E-state index contributed by atoms with van der Waals surface area (Å²) in [6.07, 6.45) is 2.47. The first kappa shape index (κ1) is 28.0. The number of fused-ring (bicyclic) bond motifs is 1. The Hall–Kier alpha value is -4.05. The summed E-state index contributed by atoms with van der Waals surface area (Å²) in [6, 6.07) is 11.6. The highest BCUT2D eigenvalue weighted by Crippen LogP contribution is 2.22. The Kier molecular flexibility index (Phi) is 7.87. The molecule has 2 aromatic carbocycles. The molecule has 39 heavy (non-hydrogen) atoms. The first-order chi connectivity index (χ1) is 18.4. The summed E-state index contributed by atoms with van der Waals surface area (Å²) in [7, 11) is -6.93. The van der Waals surface area contributed by atoms with E-state index < -0.39 is 32.1 Å². The number of aryl methyl sites for hydroxylation is 2. The molecule has 0 radical (unpaired) electrons. The van der Waals surface area contributed by atoms with Gasteiger partial charge < -0.3 is 4.74 Å². The van der Waals surface area contributed by atoms with E-state index in [0.717, 1.165) is 28.5 Å². The number of pyridine rings is 1. The maximum atomic E-state index is 13.2. The van der Waals surface area contributed by atoms with E-state index in [2.05, 4.69) is 26.5 Å². The lowest BCUT2D eigenvalue weighted by molar-refractivity contribution is -0.142. The molecular weight excluding hydrogens is 540 g/mol. The molecule has 202 valence electrons. The molecule has 0 aliphatic rings. The number of imidazole rings is 1. The van der Waals surface area contributed by atoms with Crippen molar-refractivity contribution in [2.24, 2.45) is 0 Å². The molecule has 0 aliphatic heterocycles. The molecule has 0 aliphatic carbocycles. The summed E-state index contributed by atoms with van der Waals surface area (Å²) >= 11 is 0. The first-order valence-electron chi connectivity index (χ1n) is 11.7. The molecule has 10 nitrogen and oxygen atoms in total. The number of sulfonamides is 1. The average molecular weight is 567 g/mol. The van der Waals surface area contributed by atoms with Crippen LogP contribution in [0.4, 0.5) is 0 Å². The zero-order valence-corrected chi connectivity index (χ0v) is 23.3. The van der Waals surface area contributed by atoms with Gasteiger partial charge in [0.15, 0.2) is 0 Å². The Bertz CT molecular complexity index is 1830. The van der Waals surface area contributed by atoms with Crippen LogP contribution in [-0.2, 0) is 29.6 Å². The van der Waals surface area contributed by atoms with Crippen LogP contribution in [0.3, 0.4) is 0 Å². The van der Waals surface area contributed by atoms with Crippen LogP contribution in [0, 0.1) is 32.6 Å². The highest BCUT2D eigenvalue weighted by atomic mass is 32.2. The second kappa shape index (κ2) is 11.0. The molecule has 0 saturated carbocycles. The van der Waals surface area contributed by atoms with E-state index in [-0.39, 0.29) is 33.1 Å². The standard InChI is InChI=1S/C27H26N4O6S2/c1-18-11-13-22(14-12-18)39(35,36)31-17-29-23(20(31)3)8-6-9-24(27(32)37-4)30-38(33,34)25-10-5-7-21-15-19(2)16-28-26(21)25/h5,7,10-17,24,30H,9H2,1-4H3. The van der Waals surface area contributed by atoms with Gasteiger partial charge in [-0.15, -0.1) is 0 Å². The van der Waals surface area contributed by atoms with E-state index in [4.69, 9.17) is 4.74 Å². The van der Waals surface area contributed by atoms with Crippen LogP contribution < -0.4 is 4.72 Å². The molecule has 0 amide bonds. The van der Waals surface area contributed by atoms with Gasteiger partial charge in [0.25, 0.3) is 10.0 Å². The number of rotatable bonds is 7. The molecule has 0 spiro atoms. The third kappa shape index (κ3) is 5.85. The van der Waals surface area contributed by atoms with Crippen LogP contribution in [0.15, 0.2) is 70.8 Å². The zero-order valence-electron chi connectivity index (χ0n) is 21.7. The Balaban J connectivity index is 1.59. The number of para-hydroxylation sites is 1. The predicted octanol–water partition coefficient (Wildman–Crippen LogP) is 2.86. The van der Waals surface area contributed by atoms with E-state index in [1.165, 1.54) is 18.2 Å².